The molecule has 0 atom stereocenters. The van der Waals surface area contributed by atoms with Crippen molar-refractivity contribution in [3.05, 3.63) is 97.1 Å². The Morgan fingerprint density at radius 2 is 0.690 bits per heavy atom. The Labute approximate surface area is 169 Å². The van der Waals surface area contributed by atoms with Crippen LogP contribution >= 0.6 is 0 Å². The summed E-state index contributed by atoms with van der Waals surface area (Å²) >= 11 is 0. The van der Waals surface area contributed by atoms with Crippen LogP contribution in [0.3, 0.4) is 0 Å². The van der Waals surface area contributed by atoms with Crippen LogP contribution in [-0.4, -0.2) is 0 Å². The molecule has 0 aliphatic carbocycles. The van der Waals surface area contributed by atoms with Gasteiger partial charge in [-0.2, -0.15) is 0 Å². The predicted octanol–water partition coefficient (Wildman–Crippen LogP) is 6.23. The van der Waals surface area contributed by atoms with E-state index in [9.17, 15) is 0 Å². The van der Waals surface area contributed by atoms with E-state index < -0.39 is 0 Å². The minimum absolute atomic E-state index is 0.658. The monoisotopic (exact) mass is 384 g/mol. The third-order valence-electron chi connectivity index (χ3n) is 4.07. The molecule has 0 aliphatic rings. The highest BCUT2D eigenvalue weighted by molar-refractivity contribution is 5.47. The van der Waals surface area contributed by atoms with Crippen LogP contribution in [0.25, 0.3) is 0 Å². The number of benzene rings is 4. The van der Waals surface area contributed by atoms with Crippen LogP contribution in [0.5, 0.6) is 34.5 Å². The Bertz CT molecular complexity index is 1000. The van der Waals surface area contributed by atoms with E-state index in [1.165, 1.54) is 0 Å². The van der Waals surface area contributed by atoms with E-state index in [2.05, 4.69) is 0 Å². The minimum Gasteiger partial charge on any atom is -0.457 e. The zero-order valence-electron chi connectivity index (χ0n) is 15.6. The topological polar surface area (TPSA) is 79.7 Å². The van der Waals surface area contributed by atoms with Gasteiger partial charge in [0.2, 0.25) is 0 Å². The first-order valence-electron chi connectivity index (χ1n) is 9.09. The van der Waals surface area contributed by atoms with Crippen molar-refractivity contribution in [3.8, 4) is 34.5 Å². The van der Waals surface area contributed by atoms with Gasteiger partial charge in [-0.15, -0.1) is 0 Å². The molecule has 4 aromatic carbocycles. The minimum atomic E-state index is 0.658. The van der Waals surface area contributed by atoms with Crippen molar-refractivity contribution in [2.45, 2.75) is 0 Å². The zero-order chi connectivity index (χ0) is 20.1. The summed E-state index contributed by atoms with van der Waals surface area (Å²) < 4.78 is 17.4. The Balaban J connectivity index is 1.37. The van der Waals surface area contributed by atoms with Gasteiger partial charge in [-0.1, -0.05) is 12.1 Å². The second kappa shape index (κ2) is 8.27. The lowest BCUT2D eigenvalue weighted by atomic mass is 10.3. The van der Waals surface area contributed by atoms with Gasteiger partial charge < -0.3 is 25.7 Å². The SMILES string of the molecule is Nc1cccc(Oc2ccc(Oc3ccc(Oc4cccc(N)c4)cc3)cc2)c1. The van der Waals surface area contributed by atoms with Crippen molar-refractivity contribution >= 4 is 11.4 Å². The summed E-state index contributed by atoms with van der Waals surface area (Å²) in [5.41, 5.74) is 12.9. The normalized spacial score (nSPS) is 10.3. The summed E-state index contributed by atoms with van der Waals surface area (Å²) in [4.78, 5) is 0. The molecule has 0 unspecified atom stereocenters. The number of rotatable bonds is 6. The van der Waals surface area contributed by atoms with E-state index >= 15 is 0 Å². The number of ether oxygens (including phenoxy) is 3. The first-order chi connectivity index (χ1) is 14.1. The fourth-order valence-corrected chi connectivity index (χ4v) is 2.72. The number of hydrogen-bond acceptors (Lipinski definition) is 5. The molecule has 0 saturated carbocycles. The van der Waals surface area contributed by atoms with Crippen LogP contribution < -0.4 is 25.7 Å². The van der Waals surface area contributed by atoms with Crippen molar-refractivity contribution in [2.75, 3.05) is 11.5 Å². The Kier molecular flexibility index (Phi) is 5.21. The van der Waals surface area contributed by atoms with Gasteiger partial charge in [0.05, 0.1) is 0 Å². The van der Waals surface area contributed by atoms with Gasteiger partial charge in [-0.05, 0) is 72.8 Å². The maximum atomic E-state index is 5.88. The summed E-state index contributed by atoms with van der Waals surface area (Å²) in [6.45, 7) is 0. The molecule has 0 amide bonds. The van der Waals surface area contributed by atoms with Crippen LogP contribution in [0.2, 0.25) is 0 Å². The maximum Gasteiger partial charge on any atom is 0.129 e. The average molecular weight is 384 g/mol. The van der Waals surface area contributed by atoms with Gasteiger partial charge in [-0.3, -0.25) is 0 Å². The van der Waals surface area contributed by atoms with E-state index in [0.717, 1.165) is 0 Å². The summed E-state index contributed by atoms with van der Waals surface area (Å²) in [5, 5.41) is 0. The van der Waals surface area contributed by atoms with E-state index in [4.69, 9.17) is 25.7 Å². The Morgan fingerprint density at radius 3 is 1.00 bits per heavy atom. The van der Waals surface area contributed by atoms with Gasteiger partial charge in [0.25, 0.3) is 0 Å². The molecule has 144 valence electrons. The summed E-state index contributed by atoms with van der Waals surface area (Å²) in [6, 6.07) is 29.3. The lowest BCUT2D eigenvalue weighted by molar-refractivity contribution is 0.464. The largest absolute Gasteiger partial charge is 0.457 e. The molecule has 4 N–H and O–H groups in total. The zero-order valence-corrected chi connectivity index (χ0v) is 15.6. The summed E-state index contributed by atoms with van der Waals surface area (Å²) in [5.74, 6) is 4.19. The molecule has 0 aromatic heterocycles. The third-order valence-corrected chi connectivity index (χ3v) is 4.07. The molecule has 5 heteroatoms. The van der Waals surface area contributed by atoms with Crippen molar-refractivity contribution in [1.82, 2.24) is 0 Å². The quantitative estimate of drug-likeness (QED) is 0.385. The van der Waals surface area contributed by atoms with Gasteiger partial charge >= 0.3 is 0 Å². The molecule has 4 rings (SSSR count). The molecule has 0 saturated heterocycles. The first kappa shape index (κ1) is 18.3. The molecule has 0 heterocycles. The molecule has 29 heavy (non-hydrogen) atoms. The van der Waals surface area contributed by atoms with Crippen LogP contribution in [0.4, 0.5) is 11.4 Å². The highest BCUT2D eigenvalue weighted by atomic mass is 16.5. The lowest BCUT2D eigenvalue weighted by Crippen LogP contribution is -1.89. The molecule has 5 nitrogen and oxygen atoms in total. The van der Waals surface area contributed by atoms with Gasteiger partial charge in [-0.25, -0.2) is 0 Å². The van der Waals surface area contributed by atoms with Crippen LogP contribution in [0.1, 0.15) is 0 Å². The van der Waals surface area contributed by atoms with E-state index in [0.29, 0.717) is 45.9 Å². The number of nitrogen functional groups attached to an aromatic ring is 2. The first-order valence-corrected chi connectivity index (χ1v) is 9.09. The molecule has 0 spiro atoms. The van der Waals surface area contributed by atoms with E-state index in [-0.39, 0.29) is 0 Å². The third kappa shape index (κ3) is 4.99. The smallest absolute Gasteiger partial charge is 0.129 e. The molecule has 0 radical (unpaired) electrons. The fraction of sp³-hybridized carbons (Fsp3) is 0. The van der Waals surface area contributed by atoms with Crippen molar-refractivity contribution in [2.24, 2.45) is 0 Å². The van der Waals surface area contributed by atoms with Crippen LogP contribution in [-0.2, 0) is 0 Å². The van der Waals surface area contributed by atoms with E-state index in [1.54, 1.807) is 12.1 Å². The molecular formula is C24H20N2O3. The maximum absolute atomic E-state index is 5.88. The van der Waals surface area contributed by atoms with Crippen LogP contribution in [0, 0.1) is 0 Å². The van der Waals surface area contributed by atoms with E-state index in [1.807, 2.05) is 84.9 Å². The van der Waals surface area contributed by atoms with Gasteiger partial charge in [0, 0.05) is 23.5 Å². The highest BCUT2D eigenvalue weighted by Crippen LogP contribution is 2.29. The molecule has 0 fully saturated rings. The van der Waals surface area contributed by atoms with Crippen LogP contribution in [0.15, 0.2) is 97.1 Å². The Morgan fingerprint density at radius 1 is 0.379 bits per heavy atom. The van der Waals surface area contributed by atoms with Crippen molar-refractivity contribution < 1.29 is 14.2 Å². The van der Waals surface area contributed by atoms with Gasteiger partial charge in [0.1, 0.15) is 34.5 Å². The second-order valence-corrected chi connectivity index (χ2v) is 6.39. The lowest BCUT2D eigenvalue weighted by Gasteiger charge is -2.10. The Hall–Kier alpha value is -4.12. The predicted molar refractivity (Wildman–Crippen MR) is 115 cm³/mol. The number of anilines is 2. The number of hydrogen-bond donors (Lipinski definition) is 2. The average Bonchev–Trinajstić information content (AvgIpc) is 2.71. The number of nitrogens with two attached hydrogens (primary N) is 2. The van der Waals surface area contributed by atoms with Crippen molar-refractivity contribution in [3.63, 3.8) is 0 Å². The highest BCUT2D eigenvalue weighted by Gasteiger charge is 2.03. The standard InChI is InChI=1S/C24H20N2O3/c25-17-3-1-5-23(15-17)28-21-11-7-19(8-12-21)27-20-9-13-22(14-10-20)29-24-6-2-4-18(26)16-24/h1-16H,25-26H2. The summed E-state index contributed by atoms with van der Waals surface area (Å²) in [7, 11) is 0. The second-order valence-electron chi connectivity index (χ2n) is 6.39. The van der Waals surface area contributed by atoms with Crippen molar-refractivity contribution in [1.29, 1.82) is 0 Å². The fourth-order valence-electron chi connectivity index (χ4n) is 2.72. The molecular weight excluding hydrogens is 364 g/mol. The summed E-state index contributed by atoms with van der Waals surface area (Å²) in [6.07, 6.45) is 0. The molecule has 0 aliphatic heterocycles. The molecule has 0 bridgehead atoms. The van der Waals surface area contributed by atoms with Gasteiger partial charge in [0.15, 0.2) is 0 Å². The molecule has 4 aromatic rings.